The van der Waals surface area contributed by atoms with Crippen LogP contribution in [0, 0.1) is 6.92 Å². The minimum atomic E-state index is -1.89. The average molecular weight is 782 g/mol. The Balaban J connectivity index is 1.35. The van der Waals surface area contributed by atoms with Crippen LogP contribution in [0.3, 0.4) is 0 Å². The zero-order valence-corrected chi connectivity index (χ0v) is 31.1. The van der Waals surface area contributed by atoms with Gasteiger partial charge >= 0.3 is 23.9 Å². The third-order valence-corrected chi connectivity index (χ3v) is 10.7. The molecule has 12 nitrogen and oxygen atoms in total. The van der Waals surface area contributed by atoms with Crippen molar-refractivity contribution in [1.29, 1.82) is 0 Å². The number of hydroxylamine groups is 2. The molecule has 1 saturated heterocycles. The third kappa shape index (κ3) is 5.43. The van der Waals surface area contributed by atoms with Crippen molar-refractivity contribution in [2.75, 3.05) is 0 Å². The van der Waals surface area contributed by atoms with Crippen molar-refractivity contribution in [3.05, 3.63) is 129 Å². The van der Waals surface area contributed by atoms with Crippen LogP contribution >= 0.6 is 11.6 Å². The summed E-state index contributed by atoms with van der Waals surface area (Å²) in [6.45, 7) is 4.52. The van der Waals surface area contributed by atoms with E-state index in [1.807, 2.05) is 55.5 Å². The average Bonchev–Trinajstić information content (AvgIpc) is 3.66. The van der Waals surface area contributed by atoms with E-state index in [-0.39, 0.29) is 68.7 Å². The van der Waals surface area contributed by atoms with Crippen molar-refractivity contribution >= 4 is 68.8 Å². The van der Waals surface area contributed by atoms with E-state index < -0.39 is 41.3 Å². The predicted molar refractivity (Wildman–Crippen MR) is 204 cm³/mol. The normalized spacial score (nSPS) is 16.6. The quantitative estimate of drug-likeness (QED) is 0.0719. The molecule has 1 unspecified atom stereocenters. The summed E-state index contributed by atoms with van der Waals surface area (Å²) >= 11 is 6.74. The molecule has 3 aliphatic heterocycles. The van der Waals surface area contributed by atoms with Crippen molar-refractivity contribution in [2.24, 2.45) is 0 Å². The molecule has 9 rings (SSSR count). The number of esters is 3. The predicted octanol–water partition coefficient (Wildman–Crippen LogP) is 8.26. The second-order valence-corrected chi connectivity index (χ2v) is 14.2. The van der Waals surface area contributed by atoms with Crippen LogP contribution in [-0.2, 0) is 34.4 Å². The molecule has 2 amide bonds. The molecule has 0 aliphatic carbocycles. The van der Waals surface area contributed by atoms with Crippen LogP contribution in [0.1, 0.15) is 69.7 Å². The molecule has 3 aliphatic rings. The summed E-state index contributed by atoms with van der Waals surface area (Å²) in [6, 6.07) is 26.1. The van der Waals surface area contributed by atoms with Gasteiger partial charge in [-0.2, -0.15) is 0 Å². The molecular formula is C44H28ClNO11. The summed E-state index contributed by atoms with van der Waals surface area (Å²) in [7, 11) is 0. The second kappa shape index (κ2) is 13.0. The lowest BCUT2D eigenvalue weighted by Crippen LogP contribution is -2.33. The van der Waals surface area contributed by atoms with Gasteiger partial charge in [-0.3, -0.25) is 19.2 Å². The second-order valence-electron chi connectivity index (χ2n) is 13.8. The Morgan fingerprint density at radius 2 is 1.25 bits per heavy atom. The number of imide groups is 1. The fraction of sp³-hybridized carbons (Fsp3) is 0.136. The summed E-state index contributed by atoms with van der Waals surface area (Å²) in [5.74, 6) is -4.47. The number of fused-ring (bicyclic) bond motifs is 8. The number of amides is 2. The van der Waals surface area contributed by atoms with Crippen LogP contribution in [0.2, 0.25) is 5.02 Å². The fourth-order valence-corrected chi connectivity index (χ4v) is 8.26. The summed E-state index contributed by atoms with van der Waals surface area (Å²) in [4.78, 5) is 82.8. The van der Waals surface area contributed by atoms with E-state index in [2.05, 4.69) is 0 Å². The number of aryl methyl sites for hydroxylation is 1. The van der Waals surface area contributed by atoms with Gasteiger partial charge in [-0.1, -0.05) is 72.3 Å². The van der Waals surface area contributed by atoms with Crippen molar-refractivity contribution in [1.82, 2.24) is 5.06 Å². The molecule has 282 valence electrons. The van der Waals surface area contributed by atoms with Crippen molar-refractivity contribution < 1.29 is 52.6 Å². The van der Waals surface area contributed by atoms with E-state index in [4.69, 9.17) is 35.4 Å². The van der Waals surface area contributed by atoms with Gasteiger partial charge < -0.3 is 23.8 Å². The summed E-state index contributed by atoms with van der Waals surface area (Å²) in [5.41, 5.74) is 0.518. The fourth-order valence-electron chi connectivity index (χ4n) is 8.05. The first-order valence-corrected chi connectivity index (χ1v) is 18.2. The van der Waals surface area contributed by atoms with Crippen molar-refractivity contribution in [3.8, 4) is 34.1 Å². The third-order valence-electron chi connectivity index (χ3n) is 10.4. The molecule has 6 aromatic carbocycles. The largest absolute Gasteiger partial charge is 0.456 e. The molecule has 57 heavy (non-hydrogen) atoms. The maximum atomic E-state index is 14.3. The molecule has 1 spiro atoms. The van der Waals surface area contributed by atoms with Crippen LogP contribution in [0.15, 0.2) is 91.0 Å². The Morgan fingerprint density at radius 1 is 0.684 bits per heavy atom. The van der Waals surface area contributed by atoms with Crippen LogP contribution < -0.4 is 14.2 Å². The lowest BCUT2D eigenvalue weighted by atomic mass is 9.76. The van der Waals surface area contributed by atoms with Crippen LogP contribution in [0.25, 0.3) is 32.7 Å². The molecule has 6 aromatic rings. The van der Waals surface area contributed by atoms with E-state index in [0.29, 0.717) is 10.6 Å². The van der Waals surface area contributed by atoms with Gasteiger partial charge in [0.2, 0.25) is 0 Å². The minimum absolute atomic E-state index is 0.0197. The molecule has 1 atom stereocenters. The number of nitrogens with zero attached hydrogens (tertiary/aromatic N) is 1. The van der Waals surface area contributed by atoms with Gasteiger partial charge in [0.1, 0.15) is 17.2 Å². The van der Waals surface area contributed by atoms with E-state index in [1.165, 1.54) is 44.2 Å². The summed E-state index contributed by atoms with van der Waals surface area (Å²) < 4.78 is 24.2. The van der Waals surface area contributed by atoms with Crippen molar-refractivity contribution in [3.63, 3.8) is 0 Å². The molecule has 3 heterocycles. The van der Waals surface area contributed by atoms with Crippen LogP contribution in [0.4, 0.5) is 0 Å². The Hall–Kier alpha value is -7.05. The monoisotopic (exact) mass is 781 g/mol. The first-order chi connectivity index (χ1) is 27.4. The number of hydrogen-bond donors (Lipinski definition) is 0. The van der Waals surface area contributed by atoms with E-state index in [1.54, 1.807) is 12.1 Å². The first-order valence-electron chi connectivity index (χ1n) is 17.8. The van der Waals surface area contributed by atoms with E-state index in [9.17, 15) is 28.8 Å². The highest BCUT2D eigenvalue weighted by atomic mass is 35.5. The lowest BCUT2D eigenvalue weighted by molar-refractivity contribution is -0.172. The number of benzene rings is 6. The molecule has 1 fully saturated rings. The number of hydrogen-bond acceptors (Lipinski definition) is 11. The first kappa shape index (κ1) is 35.6. The van der Waals surface area contributed by atoms with Crippen LogP contribution in [0.5, 0.6) is 23.0 Å². The molecule has 13 heteroatoms. The highest BCUT2D eigenvalue weighted by molar-refractivity contribution is 6.32. The smallest absolute Gasteiger partial charge is 0.364 e. The Morgan fingerprint density at radius 3 is 1.86 bits per heavy atom. The topological polar surface area (TPSA) is 152 Å². The van der Waals surface area contributed by atoms with Gasteiger partial charge in [0.15, 0.2) is 11.4 Å². The van der Waals surface area contributed by atoms with Gasteiger partial charge in [0.25, 0.3) is 11.8 Å². The van der Waals surface area contributed by atoms with Gasteiger partial charge in [-0.15, -0.1) is 5.06 Å². The number of rotatable bonds is 5. The zero-order chi connectivity index (χ0) is 39.9. The van der Waals surface area contributed by atoms with E-state index in [0.717, 1.165) is 32.7 Å². The number of ether oxygens (including phenoxy) is 4. The highest BCUT2D eigenvalue weighted by Crippen LogP contribution is 2.60. The molecule has 0 aromatic heterocycles. The Bertz CT molecular complexity index is 2790. The van der Waals surface area contributed by atoms with Crippen LogP contribution in [-0.4, -0.2) is 40.8 Å². The molecule has 0 bridgehead atoms. The maximum absolute atomic E-state index is 14.3. The van der Waals surface area contributed by atoms with E-state index >= 15 is 0 Å². The molecule has 0 radical (unpaired) electrons. The van der Waals surface area contributed by atoms with Gasteiger partial charge in [-0.05, 0) is 52.2 Å². The molecule has 0 N–H and O–H groups in total. The van der Waals surface area contributed by atoms with Gasteiger partial charge in [-0.25, -0.2) is 9.59 Å². The van der Waals surface area contributed by atoms with Crippen molar-refractivity contribution in [2.45, 2.75) is 39.2 Å². The standard InChI is InChI=1S/C44H28ClNO11/c1-21-24-9-4-6-11-26(24)40(27-12-7-5-10-25(21)27)29-17-31-35(19-34(29)53-22(2)47)55-36-20-37(54-23(3)48)33(45)18-32(36)44(31)30-14-8-13-28(41(30)43(52)56-44)42(51)57-46-38(49)15-16-39(46)50/h4-14,17-20H,15-16H2,1-3H3. The molecular weight excluding hydrogens is 754 g/mol. The number of carbonyl (C=O) groups excluding carboxylic acids is 6. The number of carbonyl (C=O) groups is 6. The molecule has 0 saturated carbocycles. The summed E-state index contributed by atoms with van der Waals surface area (Å²) in [6.07, 6.45) is -0.256. The number of halogens is 1. The zero-order valence-electron chi connectivity index (χ0n) is 30.4. The summed E-state index contributed by atoms with van der Waals surface area (Å²) in [5, 5.41) is 3.98. The Kier molecular flexibility index (Phi) is 8.14. The van der Waals surface area contributed by atoms with Gasteiger partial charge in [0, 0.05) is 66.6 Å². The minimum Gasteiger partial charge on any atom is -0.456 e. The maximum Gasteiger partial charge on any atom is 0.364 e. The SMILES string of the molecule is CC(=O)Oc1cc2c(cc1Cl)C1(OC(=O)c3c(C(=O)ON4C(=O)CCC4=O)cccc31)c1cc(-c3c4ccccc4c(C)c4ccccc34)c(OC(C)=O)cc1O2. The Labute approximate surface area is 328 Å². The van der Waals surface area contributed by atoms with Gasteiger partial charge in [0.05, 0.1) is 16.1 Å². The highest BCUT2D eigenvalue weighted by Gasteiger charge is 2.56. The lowest BCUT2D eigenvalue weighted by Gasteiger charge is -2.37.